The fourth-order valence-electron chi connectivity index (χ4n) is 2.44. The van der Waals surface area contributed by atoms with Crippen LogP contribution in [0, 0.1) is 7.14 Å². The molecule has 1 aromatic heterocycles. The van der Waals surface area contributed by atoms with E-state index in [0.717, 1.165) is 17.2 Å². The normalized spacial score (nSPS) is 11.8. The minimum absolute atomic E-state index is 0.0352. The average molecular weight is 638 g/mol. The fourth-order valence-corrected chi connectivity index (χ4v) is 4.61. The van der Waals surface area contributed by atoms with Gasteiger partial charge in [0.2, 0.25) is 0 Å². The van der Waals surface area contributed by atoms with E-state index in [-0.39, 0.29) is 17.2 Å². The van der Waals surface area contributed by atoms with E-state index in [1.54, 1.807) is 12.3 Å². The van der Waals surface area contributed by atoms with Crippen molar-refractivity contribution in [3.8, 4) is 5.75 Å². The van der Waals surface area contributed by atoms with E-state index in [9.17, 15) is 9.90 Å². The Morgan fingerprint density at radius 1 is 1.23 bits per heavy atom. The van der Waals surface area contributed by atoms with Gasteiger partial charge >= 0.3 is 0 Å². The molecular formula is C18H14BrI2N3O2. The maximum Gasteiger partial charge on any atom is 0.282 e. The second kappa shape index (κ2) is 7.93. The van der Waals surface area contributed by atoms with Gasteiger partial charge in [-0.15, -0.1) is 0 Å². The molecule has 0 aliphatic rings. The number of nitrogens with zero attached hydrogens (tertiary/aromatic N) is 3. The van der Waals surface area contributed by atoms with Crippen LogP contribution in [0.4, 0.5) is 0 Å². The molecule has 0 amide bonds. The molecule has 26 heavy (non-hydrogen) atoms. The number of rotatable bonds is 3. The van der Waals surface area contributed by atoms with Crippen LogP contribution in [-0.2, 0) is 0 Å². The van der Waals surface area contributed by atoms with E-state index >= 15 is 0 Å². The highest BCUT2D eigenvalue weighted by Crippen LogP contribution is 2.27. The van der Waals surface area contributed by atoms with Crippen LogP contribution in [0.5, 0.6) is 5.75 Å². The summed E-state index contributed by atoms with van der Waals surface area (Å²) in [6.07, 6.45) is 1.61. The molecule has 0 fully saturated rings. The first-order valence-electron chi connectivity index (χ1n) is 7.72. The lowest BCUT2D eigenvalue weighted by molar-refractivity contribution is 0.467. The van der Waals surface area contributed by atoms with Crippen LogP contribution in [0.15, 0.2) is 44.7 Å². The molecular weight excluding hydrogens is 624 g/mol. The second-order valence-electron chi connectivity index (χ2n) is 5.98. The van der Waals surface area contributed by atoms with Crippen molar-refractivity contribution in [1.29, 1.82) is 0 Å². The number of hydrogen-bond donors (Lipinski definition) is 1. The van der Waals surface area contributed by atoms with E-state index in [0.29, 0.717) is 16.7 Å². The third kappa shape index (κ3) is 3.96. The van der Waals surface area contributed by atoms with Gasteiger partial charge in [-0.2, -0.15) is 9.78 Å². The first kappa shape index (κ1) is 19.7. The summed E-state index contributed by atoms with van der Waals surface area (Å²) in [7, 11) is 0. The molecule has 0 saturated carbocycles. The molecule has 0 aliphatic carbocycles. The maximum absolute atomic E-state index is 13.0. The van der Waals surface area contributed by atoms with Gasteiger partial charge in [0, 0.05) is 10.4 Å². The van der Waals surface area contributed by atoms with Gasteiger partial charge in [0.25, 0.3) is 5.56 Å². The highest BCUT2D eigenvalue weighted by atomic mass is 127. The van der Waals surface area contributed by atoms with E-state index < -0.39 is 0 Å². The van der Waals surface area contributed by atoms with Gasteiger partial charge < -0.3 is 5.11 Å². The molecule has 5 nitrogen and oxygen atoms in total. The standard InChI is InChI=1S/C18H14BrI2N3O2/c1-9(2)17-23-15-4-3-11(19)7-12(15)18(26)24(17)22-8-10-5-13(20)16(25)14(21)6-10/h3-9,25H,1-2H3. The molecule has 0 radical (unpaired) electrons. The third-order valence-electron chi connectivity index (χ3n) is 3.71. The van der Waals surface area contributed by atoms with Crippen LogP contribution >= 0.6 is 61.1 Å². The Balaban J connectivity index is 2.19. The van der Waals surface area contributed by atoms with Gasteiger partial charge in [-0.1, -0.05) is 29.8 Å². The Labute approximate surface area is 185 Å². The largest absolute Gasteiger partial charge is 0.506 e. The minimum Gasteiger partial charge on any atom is -0.506 e. The summed E-state index contributed by atoms with van der Waals surface area (Å²) in [5.74, 6) is 0.887. The summed E-state index contributed by atoms with van der Waals surface area (Å²) >= 11 is 7.53. The smallest absolute Gasteiger partial charge is 0.282 e. The number of phenolic OH excluding ortho intramolecular Hbond substituents is 1. The lowest BCUT2D eigenvalue weighted by Crippen LogP contribution is -2.23. The molecule has 1 N–H and O–H groups in total. The summed E-state index contributed by atoms with van der Waals surface area (Å²) in [4.78, 5) is 17.6. The molecule has 1 heterocycles. The molecule has 0 bridgehead atoms. The lowest BCUT2D eigenvalue weighted by Gasteiger charge is -2.12. The molecule has 3 aromatic rings. The molecule has 0 atom stereocenters. The van der Waals surface area contributed by atoms with Crippen LogP contribution in [0.2, 0.25) is 0 Å². The van der Waals surface area contributed by atoms with Crippen LogP contribution < -0.4 is 5.56 Å². The number of halogens is 3. The van der Waals surface area contributed by atoms with Gasteiger partial charge in [0.05, 0.1) is 24.3 Å². The number of aromatic nitrogens is 2. The van der Waals surface area contributed by atoms with Gasteiger partial charge in [-0.3, -0.25) is 4.79 Å². The summed E-state index contributed by atoms with van der Waals surface area (Å²) in [6, 6.07) is 9.07. The number of benzene rings is 2. The van der Waals surface area contributed by atoms with Gasteiger partial charge in [-0.05, 0) is 81.1 Å². The van der Waals surface area contributed by atoms with Gasteiger partial charge in [0.1, 0.15) is 11.6 Å². The second-order valence-corrected chi connectivity index (χ2v) is 9.22. The number of fused-ring (bicyclic) bond motifs is 1. The first-order valence-corrected chi connectivity index (χ1v) is 10.7. The maximum atomic E-state index is 13.0. The molecule has 0 unspecified atom stereocenters. The molecule has 3 rings (SSSR count). The van der Waals surface area contributed by atoms with Crippen molar-refractivity contribution in [2.24, 2.45) is 5.10 Å². The zero-order valence-electron chi connectivity index (χ0n) is 13.9. The Bertz CT molecular complexity index is 1070. The molecule has 8 heteroatoms. The van der Waals surface area contributed by atoms with Crippen molar-refractivity contribution in [2.45, 2.75) is 19.8 Å². The quantitative estimate of drug-likeness (QED) is 0.322. The Morgan fingerprint density at radius 3 is 2.50 bits per heavy atom. The van der Waals surface area contributed by atoms with Crippen LogP contribution in [0.25, 0.3) is 10.9 Å². The monoisotopic (exact) mass is 637 g/mol. The predicted molar refractivity (Wildman–Crippen MR) is 124 cm³/mol. The Kier molecular flexibility index (Phi) is 6.02. The molecule has 2 aromatic carbocycles. The van der Waals surface area contributed by atoms with Crippen molar-refractivity contribution in [3.63, 3.8) is 0 Å². The summed E-state index contributed by atoms with van der Waals surface area (Å²) in [5, 5.41) is 14.8. The highest BCUT2D eigenvalue weighted by Gasteiger charge is 2.14. The summed E-state index contributed by atoms with van der Waals surface area (Å²) in [5.41, 5.74) is 1.24. The summed E-state index contributed by atoms with van der Waals surface area (Å²) < 4.78 is 3.63. The highest BCUT2D eigenvalue weighted by molar-refractivity contribution is 14.1. The van der Waals surface area contributed by atoms with Crippen LogP contribution in [0.1, 0.15) is 31.2 Å². The SMILES string of the molecule is CC(C)c1nc2ccc(Br)cc2c(=O)n1N=Cc1cc(I)c(O)c(I)c1. The van der Waals surface area contributed by atoms with E-state index in [4.69, 9.17) is 0 Å². The Morgan fingerprint density at radius 2 is 1.88 bits per heavy atom. The summed E-state index contributed by atoms with van der Waals surface area (Å²) in [6.45, 7) is 3.95. The fraction of sp³-hybridized carbons (Fsp3) is 0.167. The topological polar surface area (TPSA) is 67.5 Å². The zero-order valence-corrected chi connectivity index (χ0v) is 19.8. The third-order valence-corrected chi connectivity index (χ3v) is 5.85. The van der Waals surface area contributed by atoms with Crippen LogP contribution in [0.3, 0.4) is 0 Å². The van der Waals surface area contributed by atoms with Crippen molar-refractivity contribution in [2.75, 3.05) is 0 Å². The average Bonchev–Trinajstić information content (AvgIpc) is 2.58. The van der Waals surface area contributed by atoms with Crippen molar-refractivity contribution < 1.29 is 5.11 Å². The van der Waals surface area contributed by atoms with Crippen molar-refractivity contribution in [1.82, 2.24) is 9.66 Å². The molecule has 0 spiro atoms. The van der Waals surface area contributed by atoms with Gasteiger partial charge in [-0.25, -0.2) is 4.98 Å². The van der Waals surface area contributed by atoms with E-state index in [1.165, 1.54) is 4.68 Å². The van der Waals surface area contributed by atoms with Crippen molar-refractivity contribution in [3.05, 3.63) is 63.7 Å². The van der Waals surface area contributed by atoms with Gasteiger partial charge in [0.15, 0.2) is 0 Å². The lowest BCUT2D eigenvalue weighted by atomic mass is 10.2. The van der Waals surface area contributed by atoms with Crippen LogP contribution in [-0.4, -0.2) is 21.0 Å². The Hall–Kier alpha value is -1.01. The molecule has 0 aliphatic heterocycles. The number of hydrogen-bond acceptors (Lipinski definition) is 4. The number of phenols is 1. The van der Waals surface area contributed by atoms with E-state index in [1.807, 2.05) is 38.1 Å². The predicted octanol–water partition coefficient (Wildman–Crippen LogP) is 5.08. The zero-order chi connectivity index (χ0) is 19.0. The van der Waals surface area contributed by atoms with E-state index in [2.05, 4.69) is 71.2 Å². The number of aromatic hydroxyl groups is 1. The van der Waals surface area contributed by atoms with Crippen molar-refractivity contribution >= 4 is 78.2 Å². The molecule has 134 valence electrons. The molecule has 0 saturated heterocycles. The minimum atomic E-state index is -0.209. The first-order chi connectivity index (χ1) is 12.3.